The van der Waals surface area contributed by atoms with Crippen molar-refractivity contribution in [3.63, 3.8) is 0 Å². The van der Waals surface area contributed by atoms with Gasteiger partial charge in [-0.3, -0.25) is 0 Å². The summed E-state index contributed by atoms with van der Waals surface area (Å²) < 4.78 is 9.53. The van der Waals surface area contributed by atoms with Gasteiger partial charge in [0.25, 0.3) is 0 Å². The molecule has 0 aliphatic carbocycles. The Hall–Kier alpha value is -2.65. The van der Waals surface area contributed by atoms with Crippen molar-refractivity contribution in [2.24, 2.45) is 0 Å². The Morgan fingerprint density at radius 2 is 1.95 bits per heavy atom. The van der Waals surface area contributed by atoms with Crippen LogP contribution in [0.2, 0.25) is 0 Å². The predicted molar refractivity (Wildman–Crippen MR) is 67.2 cm³/mol. The number of carbonyl (C=O) groups excluding carboxylic acids is 2. The van der Waals surface area contributed by atoms with Crippen LogP contribution >= 0.6 is 0 Å². The van der Waals surface area contributed by atoms with Gasteiger partial charge >= 0.3 is 5.97 Å². The molecule has 20 heavy (non-hydrogen) atoms. The van der Waals surface area contributed by atoms with Crippen molar-refractivity contribution in [2.75, 3.05) is 20.3 Å². The number of esters is 1. The smallest absolute Gasteiger partial charge is 0.348 e. The molecule has 0 N–H and O–H groups in total. The van der Waals surface area contributed by atoms with Gasteiger partial charge in [-0.15, -0.1) is 0 Å². The number of carbonyl (C=O) groups is 2. The number of carboxylic acid groups (broad SMARTS) is 1. The highest BCUT2D eigenvalue weighted by atomic mass is 16.6. The maximum atomic E-state index is 11.6. The predicted octanol–water partition coefficient (Wildman–Crippen LogP) is 0.147. The zero-order valence-electron chi connectivity index (χ0n) is 10.8. The van der Waals surface area contributed by atoms with E-state index in [-0.39, 0.29) is 24.4 Å². The summed E-state index contributed by atoms with van der Waals surface area (Å²) in [5.74, 6) is -2.05. The van der Waals surface area contributed by atoms with Crippen LogP contribution in [0, 0.1) is 11.3 Å². The van der Waals surface area contributed by atoms with E-state index in [1.165, 1.54) is 37.5 Å². The summed E-state index contributed by atoms with van der Waals surface area (Å²) in [5, 5.41) is 19.5. The van der Waals surface area contributed by atoms with Gasteiger partial charge < -0.3 is 19.4 Å². The summed E-state index contributed by atoms with van der Waals surface area (Å²) in [7, 11) is 1.47. The lowest BCUT2D eigenvalue weighted by Crippen LogP contribution is -2.21. The number of nitrogens with zero attached hydrogens (tertiary/aromatic N) is 1. The average Bonchev–Trinajstić information content (AvgIpc) is 2.45. The van der Waals surface area contributed by atoms with Crippen LogP contribution in [0.5, 0.6) is 0 Å². The van der Waals surface area contributed by atoms with Crippen molar-refractivity contribution in [1.82, 2.24) is 0 Å². The summed E-state index contributed by atoms with van der Waals surface area (Å²) in [6.45, 7) is 0.294. The first-order chi connectivity index (χ1) is 9.58. The molecule has 0 spiro atoms. The van der Waals surface area contributed by atoms with Gasteiger partial charge in [-0.1, -0.05) is 24.3 Å². The lowest BCUT2D eigenvalue weighted by Gasteiger charge is -2.04. The molecule has 1 aromatic rings. The Bertz CT molecular complexity index is 554. The minimum Gasteiger partial charge on any atom is -0.545 e. The lowest BCUT2D eigenvalue weighted by atomic mass is 10.1. The van der Waals surface area contributed by atoms with Crippen molar-refractivity contribution < 1.29 is 24.2 Å². The van der Waals surface area contributed by atoms with Crippen LogP contribution in [-0.4, -0.2) is 32.3 Å². The van der Waals surface area contributed by atoms with Gasteiger partial charge in [0.05, 0.1) is 12.6 Å². The topological polar surface area (TPSA) is 99.5 Å². The number of hydrogen-bond donors (Lipinski definition) is 0. The molecule has 0 aromatic heterocycles. The third-order valence-electron chi connectivity index (χ3n) is 2.32. The van der Waals surface area contributed by atoms with Crippen molar-refractivity contribution in [3.8, 4) is 6.07 Å². The molecule has 0 saturated carbocycles. The van der Waals surface area contributed by atoms with Crippen molar-refractivity contribution >= 4 is 18.0 Å². The number of nitriles is 1. The molecule has 0 heterocycles. The second-order valence-electron chi connectivity index (χ2n) is 3.71. The first kappa shape index (κ1) is 15.4. The molecule has 0 saturated heterocycles. The van der Waals surface area contributed by atoms with Crippen LogP contribution in [-0.2, 0) is 14.3 Å². The van der Waals surface area contributed by atoms with E-state index in [2.05, 4.69) is 0 Å². The lowest BCUT2D eigenvalue weighted by molar-refractivity contribution is -0.255. The van der Waals surface area contributed by atoms with Gasteiger partial charge in [0.1, 0.15) is 18.2 Å². The quantitative estimate of drug-likeness (QED) is 0.317. The monoisotopic (exact) mass is 274 g/mol. The van der Waals surface area contributed by atoms with Crippen molar-refractivity contribution in [3.05, 3.63) is 41.0 Å². The van der Waals surface area contributed by atoms with E-state index in [0.29, 0.717) is 5.56 Å². The summed E-state index contributed by atoms with van der Waals surface area (Å²) >= 11 is 0. The molecule has 1 rings (SSSR count). The molecule has 104 valence electrons. The molecule has 0 amide bonds. The minimum absolute atomic E-state index is 0.0170. The molecular weight excluding hydrogens is 262 g/mol. The first-order valence-electron chi connectivity index (χ1n) is 5.67. The molecule has 0 radical (unpaired) electrons. The molecular formula is C14H12NO5-. The Kier molecular flexibility index (Phi) is 5.94. The van der Waals surface area contributed by atoms with E-state index in [1.807, 2.05) is 0 Å². The molecule has 1 aromatic carbocycles. The van der Waals surface area contributed by atoms with Crippen molar-refractivity contribution in [1.29, 1.82) is 5.26 Å². The molecule has 0 atom stereocenters. The number of benzene rings is 1. The van der Waals surface area contributed by atoms with Gasteiger partial charge in [0.15, 0.2) is 0 Å². The molecule has 0 aliphatic heterocycles. The highest BCUT2D eigenvalue weighted by Gasteiger charge is 2.10. The molecule has 0 fully saturated rings. The number of aromatic carboxylic acids is 1. The van der Waals surface area contributed by atoms with Crippen LogP contribution < -0.4 is 5.11 Å². The summed E-state index contributed by atoms with van der Waals surface area (Å²) in [6.07, 6.45) is 1.31. The highest BCUT2D eigenvalue weighted by molar-refractivity contribution is 5.98. The fourth-order valence-electron chi connectivity index (χ4n) is 1.31. The second kappa shape index (κ2) is 7.71. The SMILES string of the molecule is COCCOC(=O)/C(C#N)=C/c1ccc(C(=O)[O-])cc1. The second-order valence-corrected chi connectivity index (χ2v) is 3.71. The summed E-state index contributed by atoms with van der Waals surface area (Å²) in [4.78, 5) is 22.1. The fraction of sp³-hybridized carbons (Fsp3) is 0.214. The Labute approximate surface area is 115 Å². The van der Waals surface area contributed by atoms with E-state index >= 15 is 0 Å². The molecule has 6 nitrogen and oxygen atoms in total. The average molecular weight is 274 g/mol. The summed E-state index contributed by atoms with van der Waals surface area (Å²) in [6, 6.07) is 7.31. The zero-order chi connectivity index (χ0) is 15.0. The Balaban J connectivity index is 2.81. The van der Waals surface area contributed by atoms with Crippen molar-refractivity contribution in [2.45, 2.75) is 0 Å². The van der Waals surface area contributed by atoms with E-state index in [0.717, 1.165) is 0 Å². The fourth-order valence-corrected chi connectivity index (χ4v) is 1.31. The van der Waals surface area contributed by atoms with Gasteiger partial charge in [-0.2, -0.15) is 5.26 Å². The zero-order valence-corrected chi connectivity index (χ0v) is 10.8. The number of hydrogen-bond acceptors (Lipinski definition) is 6. The number of carboxylic acids is 1. The third kappa shape index (κ3) is 4.55. The maximum absolute atomic E-state index is 11.6. The van der Waals surface area contributed by atoms with Gasteiger partial charge in [-0.05, 0) is 17.2 Å². The minimum atomic E-state index is -1.29. The highest BCUT2D eigenvalue weighted by Crippen LogP contribution is 2.09. The molecule has 6 heteroatoms. The number of ether oxygens (including phenoxy) is 2. The first-order valence-corrected chi connectivity index (χ1v) is 5.67. The molecule has 0 aliphatic rings. The maximum Gasteiger partial charge on any atom is 0.348 e. The van der Waals surface area contributed by atoms with E-state index in [4.69, 9.17) is 14.7 Å². The number of methoxy groups -OCH3 is 1. The molecule has 0 bridgehead atoms. The van der Waals surface area contributed by atoms with E-state index < -0.39 is 11.9 Å². The van der Waals surface area contributed by atoms with Crippen LogP contribution in [0.4, 0.5) is 0 Å². The van der Waals surface area contributed by atoms with Crippen LogP contribution in [0.25, 0.3) is 6.08 Å². The van der Waals surface area contributed by atoms with Crippen LogP contribution in [0.3, 0.4) is 0 Å². The third-order valence-corrected chi connectivity index (χ3v) is 2.32. The van der Waals surface area contributed by atoms with Gasteiger partial charge in [-0.25, -0.2) is 4.79 Å². The molecule has 0 unspecified atom stereocenters. The normalized spacial score (nSPS) is 10.7. The van der Waals surface area contributed by atoms with E-state index in [9.17, 15) is 14.7 Å². The largest absolute Gasteiger partial charge is 0.545 e. The van der Waals surface area contributed by atoms with E-state index in [1.54, 1.807) is 6.07 Å². The van der Waals surface area contributed by atoms with Crippen LogP contribution in [0.1, 0.15) is 15.9 Å². The van der Waals surface area contributed by atoms with Crippen LogP contribution in [0.15, 0.2) is 29.8 Å². The Morgan fingerprint density at radius 3 is 2.45 bits per heavy atom. The van der Waals surface area contributed by atoms with Gasteiger partial charge in [0, 0.05) is 7.11 Å². The van der Waals surface area contributed by atoms with Gasteiger partial charge in [0.2, 0.25) is 0 Å². The number of rotatable bonds is 6. The standard InChI is InChI=1S/C14H13NO5/c1-19-6-7-20-14(18)12(9-15)8-10-2-4-11(5-3-10)13(16)17/h2-5,8H,6-7H2,1H3,(H,16,17)/p-1/b12-8+. The Morgan fingerprint density at radius 1 is 1.30 bits per heavy atom. The summed E-state index contributed by atoms with van der Waals surface area (Å²) in [5.41, 5.74) is 0.348.